The minimum atomic E-state index is -0.122. The molecule has 0 bridgehead atoms. The first-order valence-electron chi connectivity index (χ1n) is 11.4. The zero-order chi connectivity index (χ0) is 20.3. The molecule has 1 aromatic rings. The molecule has 5 nitrogen and oxygen atoms in total. The van der Waals surface area contributed by atoms with Gasteiger partial charge in [-0.3, -0.25) is 4.79 Å². The van der Waals surface area contributed by atoms with Gasteiger partial charge in [-0.1, -0.05) is 18.2 Å². The number of benzene rings is 1. The second-order valence-electron chi connectivity index (χ2n) is 9.51. The van der Waals surface area contributed by atoms with Crippen LogP contribution in [0.5, 0.6) is 5.75 Å². The van der Waals surface area contributed by atoms with Gasteiger partial charge >= 0.3 is 0 Å². The zero-order valence-corrected chi connectivity index (χ0v) is 18.0. The summed E-state index contributed by atoms with van der Waals surface area (Å²) in [4.78, 5) is 15.1. The van der Waals surface area contributed by atoms with Crippen molar-refractivity contribution in [3.8, 4) is 5.75 Å². The SMILES string of the molecule is CC(C)NC(=O)C[C@@H]1CC2(CCN(CC3CCOCC3)CC2)Oc2ccccc21. The maximum absolute atomic E-state index is 12.5. The van der Waals surface area contributed by atoms with Gasteiger partial charge in [0.25, 0.3) is 0 Å². The van der Waals surface area contributed by atoms with E-state index in [9.17, 15) is 4.79 Å². The van der Waals surface area contributed by atoms with E-state index in [0.29, 0.717) is 6.42 Å². The maximum Gasteiger partial charge on any atom is 0.220 e. The molecular weight excluding hydrogens is 364 g/mol. The molecular formula is C24H36N2O3. The van der Waals surface area contributed by atoms with Gasteiger partial charge in [0.15, 0.2) is 0 Å². The fourth-order valence-corrected chi connectivity index (χ4v) is 5.27. The Balaban J connectivity index is 1.41. The molecule has 2 saturated heterocycles. The van der Waals surface area contributed by atoms with Crippen molar-refractivity contribution < 1.29 is 14.3 Å². The molecule has 160 valence electrons. The Hall–Kier alpha value is -1.59. The topological polar surface area (TPSA) is 50.8 Å². The normalized spacial score (nSPS) is 24.9. The van der Waals surface area contributed by atoms with E-state index in [1.807, 2.05) is 19.9 Å². The van der Waals surface area contributed by atoms with Gasteiger partial charge in [0.2, 0.25) is 5.91 Å². The van der Waals surface area contributed by atoms with Crippen molar-refractivity contribution >= 4 is 5.91 Å². The van der Waals surface area contributed by atoms with Gasteiger partial charge in [-0.05, 0) is 63.5 Å². The van der Waals surface area contributed by atoms with Crippen LogP contribution in [0.2, 0.25) is 0 Å². The summed E-state index contributed by atoms with van der Waals surface area (Å²) in [6.07, 6.45) is 5.98. The lowest BCUT2D eigenvalue weighted by Crippen LogP contribution is -2.51. The lowest BCUT2D eigenvalue weighted by atomic mass is 9.76. The average Bonchev–Trinajstić information content (AvgIpc) is 2.70. The number of fused-ring (bicyclic) bond motifs is 1. The molecule has 3 heterocycles. The molecule has 1 N–H and O–H groups in total. The standard InChI is InChI=1S/C24H36N2O3/c1-18(2)25-23(27)15-20-16-24(29-22-6-4-3-5-21(20)22)9-11-26(12-10-24)17-19-7-13-28-14-8-19/h3-6,18-20H,7-17H2,1-2H3,(H,25,27)/t20-/m1/s1. The number of carbonyl (C=O) groups is 1. The highest BCUT2D eigenvalue weighted by Crippen LogP contribution is 2.46. The number of hydrogen-bond acceptors (Lipinski definition) is 4. The molecule has 0 aromatic heterocycles. The van der Waals surface area contributed by atoms with Crippen LogP contribution < -0.4 is 10.1 Å². The third-order valence-corrected chi connectivity index (χ3v) is 6.81. The van der Waals surface area contributed by atoms with Gasteiger partial charge < -0.3 is 19.7 Å². The van der Waals surface area contributed by atoms with Gasteiger partial charge in [0, 0.05) is 51.2 Å². The minimum absolute atomic E-state index is 0.122. The number of amides is 1. The summed E-state index contributed by atoms with van der Waals surface area (Å²) in [5, 5.41) is 3.07. The van der Waals surface area contributed by atoms with Crippen molar-refractivity contribution in [1.82, 2.24) is 10.2 Å². The fourth-order valence-electron chi connectivity index (χ4n) is 5.27. The average molecular weight is 401 g/mol. The molecule has 0 saturated carbocycles. The number of likely N-dealkylation sites (tertiary alicyclic amines) is 1. The largest absolute Gasteiger partial charge is 0.487 e. The highest BCUT2D eigenvalue weighted by atomic mass is 16.5. The van der Waals surface area contributed by atoms with E-state index in [0.717, 1.165) is 57.2 Å². The Morgan fingerprint density at radius 3 is 2.66 bits per heavy atom. The second kappa shape index (κ2) is 9.05. The monoisotopic (exact) mass is 400 g/mol. The van der Waals surface area contributed by atoms with Crippen molar-refractivity contribution in [2.24, 2.45) is 5.92 Å². The van der Waals surface area contributed by atoms with Crippen LogP contribution in [-0.2, 0) is 9.53 Å². The van der Waals surface area contributed by atoms with E-state index in [1.54, 1.807) is 0 Å². The number of rotatable bonds is 5. The Morgan fingerprint density at radius 2 is 1.93 bits per heavy atom. The first kappa shape index (κ1) is 20.7. The van der Waals surface area contributed by atoms with Crippen molar-refractivity contribution in [2.45, 2.75) is 69.9 Å². The quantitative estimate of drug-likeness (QED) is 0.818. The summed E-state index contributed by atoms with van der Waals surface area (Å²) in [6.45, 7) is 9.24. The summed E-state index contributed by atoms with van der Waals surface area (Å²) in [6, 6.07) is 8.50. The predicted octanol–water partition coefficient (Wildman–Crippen LogP) is 3.73. The van der Waals surface area contributed by atoms with Crippen LogP contribution in [0.1, 0.15) is 63.9 Å². The van der Waals surface area contributed by atoms with Crippen LogP contribution in [-0.4, -0.2) is 55.3 Å². The first-order valence-corrected chi connectivity index (χ1v) is 11.4. The molecule has 3 aliphatic rings. The lowest BCUT2D eigenvalue weighted by molar-refractivity contribution is -0.122. The molecule has 5 heteroatoms. The van der Waals surface area contributed by atoms with Gasteiger partial charge in [-0.25, -0.2) is 0 Å². The van der Waals surface area contributed by atoms with Gasteiger partial charge in [0.05, 0.1) is 0 Å². The predicted molar refractivity (Wildman–Crippen MR) is 114 cm³/mol. The lowest BCUT2D eigenvalue weighted by Gasteiger charge is -2.47. The summed E-state index contributed by atoms with van der Waals surface area (Å²) in [5.74, 6) is 2.15. The molecule has 2 fully saturated rings. The molecule has 0 aliphatic carbocycles. The molecule has 1 amide bonds. The molecule has 0 radical (unpaired) electrons. The molecule has 1 aromatic carbocycles. The van der Waals surface area contributed by atoms with E-state index in [4.69, 9.17) is 9.47 Å². The van der Waals surface area contributed by atoms with Crippen molar-refractivity contribution in [3.63, 3.8) is 0 Å². The molecule has 1 atom stereocenters. The van der Waals surface area contributed by atoms with E-state index >= 15 is 0 Å². The number of piperidine rings is 1. The van der Waals surface area contributed by atoms with Crippen LogP contribution in [0.4, 0.5) is 0 Å². The maximum atomic E-state index is 12.5. The van der Waals surface area contributed by atoms with Crippen molar-refractivity contribution in [3.05, 3.63) is 29.8 Å². The van der Waals surface area contributed by atoms with E-state index in [-0.39, 0.29) is 23.5 Å². The van der Waals surface area contributed by atoms with Crippen molar-refractivity contribution in [2.75, 3.05) is 32.8 Å². The zero-order valence-electron chi connectivity index (χ0n) is 18.0. The highest BCUT2D eigenvalue weighted by Gasteiger charge is 2.43. The highest BCUT2D eigenvalue weighted by molar-refractivity contribution is 5.77. The van der Waals surface area contributed by atoms with Crippen LogP contribution in [0, 0.1) is 5.92 Å². The molecule has 29 heavy (non-hydrogen) atoms. The molecule has 4 rings (SSSR count). The molecule has 0 unspecified atom stereocenters. The Kier molecular flexibility index (Phi) is 6.45. The Bertz CT molecular complexity index is 691. The molecule has 3 aliphatic heterocycles. The third kappa shape index (κ3) is 5.13. The minimum Gasteiger partial charge on any atom is -0.487 e. The van der Waals surface area contributed by atoms with Crippen molar-refractivity contribution in [1.29, 1.82) is 0 Å². The Labute approximate surface area is 175 Å². The summed E-state index contributed by atoms with van der Waals surface area (Å²) in [7, 11) is 0. The number of nitrogens with one attached hydrogen (secondary N) is 1. The summed E-state index contributed by atoms with van der Waals surface area (Å²) >= 11 is 0. The van der Waals surface area contributed by atoms with Crippen LogP contribution in [0.25, 0.3) is 0 Å². The van der Waals surface area contributed by atoms with Gasteiger partial charge in [0.1, 0.15) is 11.4 Å². The summed E-state index contributed by atoms with van der Waals surface area (Å²) < 4.78 is 12.1. The number of ether oxygens (including phenoxy) is 2. The second-order valence-corrected chi connectivity index (χ2v) is 9.51. The number of hydrogen-bond donors (Lipinski definition) is 1. The van der Waals surface area contributed by atoms with Crippen LogP contribution >= 0.6 is 0 Å². The number of carbonyl (C=O) groups excluding carboxylic acids is 1. The van der Waals surface area contributed by atoms with E-state index in [1.165, 1.54) is 24.9 Å². The van der Waals surface area contributed by atoms with Gasteiger partial charge in [-0.2, -0.15) is 0 Å². The number of para-hydroxylation sites is 1. The van der Waals surface area contributed by atoms with E-state index < -0.39 is 0 Å². The molecule has 1 spiro atoms. The van der Waals surface area contributed by atoms with Crippen LogP contribution in [0.3, 0.4) is 0 Å². The van der Waals surface area contributed by atoms with Crippen LogP contribution in [0.15, 0.2) is 24.3 Å². The Morgan fingerprint density at radius 1 is 1.21 bits per heavy atom. The smallest absolute Gasteiger partial charge is 0.220 e. The third-order valence-electron chi connectivity index (χ3n) is 6.81. The number of nitrogens with zero attached hydrogens (tertiary/aromatic N) is 1. The first-order chi connectivity index (χ1) is 14.0. The summed E-state index contributed by atoms with van der Waals surface area (Å²) in [5.41, 5.74) is 1.07. The van der Waals surface area contributed by atoms with Gasteiger partial charge in [-0.15, -0.1) is 0 Å². The van der Waals surface area contributed by atoms with E-state index in [2.05, 4.69) is 28.4 Å². The fraction of sp³-hybridized carbons (Fsp3) is 0.708.